The van der Waals surface area contributed by atoms with Crippen LogP contribution in [0.15, 0.2) is 33.5 Å². The second kappa shape index (κ2) is 13.1. The molecule has 0 saturated carbocycles. The summed E-state index contributed by atoms with van der Waals surface area (Å²) in [7, 11) is 0. The number of pyridine rings is 1. The van der Waals surface area contributed by atoms with E-state index in [0.29, 0.717) is 30.0 Å². The molecule has 0 spiro atoms. The summed E-state index contributed by atoms with van der Waals surface area (Å²) in [6, 6.07) is 5.98. The van der Waals surface area contributed by atoms with Crippen LogP contribution in [0.5, 0.6) is 0 Å². The number of hydrogen-bond acceptors (Lipinski definition) is 7. The van der Waals surface area contributed by atoms with Crippen LogP contribution in [0.2, 0.25) is 10.3 Å². The largest absolute Gasteiger partial charge is 0.361 e. The molecular formula is C27H33Cl2N5O3S. The lowest BCUT2D eigenvalue weighted by Crippen LogP contribution is -2.49. The molecule has 0 unspecified atom stereocenters. The third kappa shape index (κ3) is 7.34. The van der Waals surface area contributed by atoms with Gasteiger partial charge in [0.15, 0.2) is 0 Å². The Morgan fingerprint density at radius 1 is 1.26 bits per heavy atom. The minimum Gasteiger partial charge on any atom is -0.361 e. The molecule has 1 aliphatic rings. The smallest absolute Gasteiger partial charge is 0.254 e. The van der Waals surface area contributed by atoms with Gasteiger partial charge >= 0.3 is 0 Å². The second-order valence-electron chi connectivity index (χ2n) is 9.85. The van der Waals surface area contributed by atoms with Crippen molar-refractivity contribution in [3.05, 3.63) is 67.4 Å². The van der Waals surface area contributed by atoms with Crippen molar-refractivity contribution < 1.29 is 14.1 Å². The van der Waals surface area contributed by atoms with Crippen LogP contribution in [0, 0.1) is 13.8 Å². The first-order valence-corrected chi connectivity index (χ1v) is 14.5. The molecule has 4 heterocycles. The minimum absolute atomic E-state index is 0.0622. The Hall–Kier alpha value is -2.46. The molecule has 8 nitrogen and oxygen atoms in total. The molecule has 1 fully saturated rings. The number of likely N-dealkylation sites (tertiary alicyclic amines) is 1. The van der Waals surface area contributed by atoms with Gasteiger partial charge in [0.05, 0.1) is 17.7 Å². The maximum atomic E-state index is 13.3. The molecule has 204 valence electrons. The van der Waals surface area contributed by atoms with Gasteiger partial charge in [-0.25, -0.2) is 4.98 Å². The van der Waals surface area contributed by atoms with Crippen LogP contribution in [0.25, 0.3) is 0 Å². The summed E-state index contributed by atoms with van der Waals surface area (Å²) in [6.07, 6.45) is 2.81. The Balaban J connectivity index is 1.29. The van der Waals surface area contributed by atoms with Gasteiger partial charge < -0.3 is 19.6 Å². The van der Waals surface area contributed by atoms with Gasteiger partial charge in [-0.15, -0.1) is 0 Å². The van der Waals surface area contributed by atoms with Crippen molar-refractivity contribution in [3.8, 4) is 0 Å². The first-order chi connectivity index (χ1) is 18.2. The zero-order valence-corrected chi connectivity index (χ0v) is 24.2. The summed E-state index contributed by atoms with van der Waals surface area (Å²) in [4.78, 5) is 34.4. The van der Waals surface area contributed by atoms with Crippen molar-refractivity contribution >= 4 is 46.4 Å². The highest BCUT2D eigenvalue weighted by Gasteiger charge is 2.30. The molecule has 2 amide bonds. The normalized spacial score (nSPS) is 15.4. The fraction of sp³-hybridized carbons (Fsp3) is 0.481. The maximum Gasteiger partial charge on any atom is 0.254 e. The molecule has 0 aliphatic carbocycles. The van der Waals surface area contributed by atoms with E-state index < -0.39 is 0 Å². The van der Waals surface area contributed by atoms with E-state index in [4.69, 9.17) is 27.7 Å². The summed E-state index contributed by atoms with van der Waals surface area (Å²) in [5.41, 5.74) is 2.98. The third-order valence-electron chi connectivity index (χ3n) is 7.03. The van der Waals surface area contributed by atoms with Crippen molar-refractivity contribution in [1.82, 2.24) is 25.3 Å². The first kappa shape index (κ1) is 28.5. The highest BCUT2D eigenvalue weighted by atomic mass is 35.5. The second-order valence-corrected chi connectivity index (χ2v) is 11.4. The number of amides is 2. The monoisotopic (exact) mass is 577 g/mol. The van der Waals surface area contributed by atoms with Gasteiger partial charge in [0.2, 0.25) is 5.91 Å². The lowest BCUT2D eigenvalue weighted by atomic mass is 9.99. The number of carbonyl (C=O) groups excluding carboxylic acids is 2. The molecule has 0 radical (unpaired) electrons. The van der Waals surface area contributed by atoms with Crippen LogP contribution in [-0.2, 0) is 17.8 Å². The zero-order chi connectivity index (χ0) is 27.2. The van der Waals surface area contributed by atoms with E-state index in [2.05, 4.69) is 38.7 Å². The van der Waals surface area contributed by atoms with E-state index in [0.717, 1.165) is 43.6 Å². The maximum absolute atomic E-state index is 13.3. The minimum atomic E-state index is -0.243. The molecule has 1 atom stereocenters. The van der Waals surface area contributed by atoms with Crippen LogP contribution in [-0.4, -0.2) is 63.5 Å². The van der Waals surface area contributed by atoms with Crippen LogP contribution in [0.3, 0.4) is 0 Å². The van der Waals surface area contributed by atoms with E-state index in [1.54, 1.807) is 24.3 Å². The van der Waals surface area contributed by atoms with E-state index in [1.165, 1.54) is 0 Å². The number of hydrogen-bond donors (Lipinski definition) is 1. The number of nitrogens with zero attached hydrogens (tertiary/aromatic N) is 4. The van der Waals surface area contributed by atoms with Crippen LogP contribution >= 0.6 is 34.5 Å². The van der Waals surface area contributed by atoms with Gasteiger partial charge in [0, 0.05) is 44.3 Å². The summed E-state index contributed by atoms with van der Waals surface area (Å²) < 4.78 is 5.31. The molecule has 3 aromatic heterocycles. The van der Waals surface area contributed by atoms with E-state index in [1.807, 2.05) is 23.3 Å². The topological polar surface area (TPSA) is 91.6 Å². The molecular weight excluding hydrogens is 545 g/mol. The van der Waals surface area contributed by atoms with Gasteiger partial charge in [-0.2, -0.15) is 11.3 Å². The van der Waals surface area contributed by atoms with Gasteiger partial charge in [-0.3, -0.25) is 9.59 Å². The Bertz CT molecular complexity index is 1220. The lowest BCUT2D eigenvalue weighted by molar-refractivity contribution is -0.135. The average molecular weight is 579 g/mol. The van der Waals surface area contributed by atoms with Gasteiger partial charge in [0.1, 0.15) is 16.1 Å². The van der Waals surface area contributed by atoms with Crippen molar-refractivity contribution in [2.45, 2.75) is 65.1 Å². The number of aromatic nitrogens is 2. The molecule has 0 aromatic carbocycles. The number of aryl methyl sites for hydroxylation is 2. The van der Waals surface area contributed by atoms with Crippen molar-refractivity contribution in [2.24, 2.45) is 0 Å². The fourth-order valence-corrected chi connectivity index (χ4v) is 6.20. The molecule has 11 heteroatoms. The van der Waals surface area contributed by atoms with Crippen LogP contribution in [0.1, 0.15) is 59.1 Å². The Labute approximate surface area is 237 Å². The molecule has 4 rings (SSSR count). The van der Waals surface area contributed by atoms with Gasteiger partial charge in [0.25, 0.3) is 5.91 Å². The average Bonchev–Trinajstić information content (AvgIpc) is 3.53. The lowest BCUT2D eigenvalue weighted by Gasteiger charge is -2.40. The molecule has 0 bridgehead atoms. The number of rotatable bonds is 10. The number of nitrogens with one attached hydrogen (secondary N) is 1. The van der Waals surface area contributed by atoms with E-state index in [9.17, 15) is 9.59 Å². The fourth-order valence-electron chi connectivity index (χ4n) is 4.92. The predicted octanol–water partition coefficient (Wildman–Crippen LogP) is 5.30. The highest BCUT2D eigenvalue weighted by Crippen LogP contribution is 2.24. The van der Waals surface area contributed by atoms with Gasteiger partial charge in [-0.1, -0.05) is 28.4 Å². The van der Waals surface area contributed by atoms with E-state index in [-0.39, 0.29) is 40.6 Å². The van der Waals surface area contributed by atoms with Crippen molar-refractivity contribution in [2.75, 3.05) is 19.6 Å². The van der Waals surface area contributed by atoms with Gasteiger partial charge in [-0.05, 0) is 74.1 Å². The number of carbonyl (C=O) groups is 2. The van der Waals surface area contributed by atoms with E-state index >= 15 is 0 Å². The van der Waals surface area contributed by atoms with Crippen molar-refractivity contribution in [3.63, 3.8) is 0 Å². The molecule has 1 N–H and O–H groups in total. The predicted molar refractivity (Wildman–Crippen MR) is 150 cm³/mol. The van der Waals surface area contributed by atoms with Crippen LogP contribution in [0.4, 0.5) is 0 Å². The first-order valence-electron chi connectivity index (χ1n) is 12.8. The highest BCUT2D eigenvalue weighted by molar-refractivity contribution is 7.07. The Kier molecular flexibility index (Phi) is 9.81. The summed E-state index contributed by atoms with van der Waals surface area (Å²) in [6.45, 7) is 8.73. The molecule has 38 heavy (non-hydrogen) atoms. The zero-order valence-electron chi connectivity index (χ0n) is 21.9. The number of halogens is 2. The quantitative estimate of drug-likeness (QED) is 0.329. The Morgan fingerprint density at radius 2 is 2.03 bits per heavy atom. The Morgan fingerprint density at radius 3 is 2.66 bits per heavy atom. The molecule has 3 aromatic rings. The number of piperidine rings is 1. The standard InChI is InChI=1S/C27H33Cl2N5O3S/c1-17-12-23(28)31-26(29)25(17)27(36)30-8-4-19(3)33-9-5-21(6-10-33)34(15-20-7-11-38-16-20)24(35)14-22-13-18(2)32-37-22/h7,11-13,16,19,21H,4-6,8-10,14-15H2,1-3H3,(H,30,36)/t19-/m1/s1. The van der Waals surface area contributed by atoms with Crippen molar-refractivity contribution in [1.29, 1.82) is 0 Å². The summed E-state index contributed by atoms with van der Waals surface area (Å²) in [5, 5.41) is 11.4. The number of thiophene rings is 1. The summed E-state index contributed by atoms with van der Waals surface area (Å²) in [5.74, 6) is 0.418. The molecule has 1 aliphatic heterocycles. The third-order valence-corrected chi connectivity index (χ3v) is 8.23. The SMILES string of the molecule is Cc1cc(CC(=O)N(Cc2ccsc2)C2CCN([C@H](C)CCNC(=O)c3c(C)cc(Cl)nc3Cl)CC2)on1. The molecule has 1 saturated heterocycles. The van der Waals surface area contributed by atoms with Crippen LogP contribution < -0.4 is 5.32 Å². The summed E-state index contributed by atoms with van der Waals surface area (Å²) >= 11 is 13.7.